The lowest BCUT2D eigenvalue weighted by molar-refractivity contribution is -0.298. The van der Waals surface area contributed by atoms with Crippen LogP contribution in [0.15, 0.2) is 60.8 Å². The molecule has 1 aliphatic rings. The maximum absolute atomic E-state index is 13.1. The zero-order valence-electron chi connectivity index (χ0n) is 38.7. The predicted octanol–water partition coefficient (Wildman–Crippen LogP) is 8.80. The number of aliphatic hydroxyl groups excluding tert-OH is 5. The number of rotatable bonds is 40. The van der Waals surface area contributed by atoms with Gasteiger partial charge in [0.15, 0.2) is 6.29 Å². The molecule has 14 heteroatoms. The normalized spacial score (nSPS) is 21.4. The summed E-state index contributed by atoms with van der Waals surface area (Å²) in [6.45, 7) is 3.07. The van der Waals surface area contributed by atoms with Crippen LogP contribution in [0.25, 0.3) is 0 Å². The number of amides is 1. The smallest absolute Gasteiger partial charge is 0.394 e. The second-order valence-electron chi connectivity index (χ2n) is 16.8. The minimum absolute atomic E-state index is 0.230. The SMILES string of the molecule is CC/C=C\C/C=C\CCCCCCCCCCCCCCCC(O)C(=O)NC(COC1OC(CO)C(O)C(OS(=O)(=O)O)C1O)C(O)/C=C/CC/C=C/CC/C=C/CCCCCC. The molecule has 366 valence electrons. The molecule has 1 rings (SSSR count). The largest absolute Gasteiger partial charge is 0.397 e. The maximum Gasteiger partial charge on any atom is 0.397 e. The quantitative estimate of drug-likeness (QED) is 0.0175. The number of carbonyl (C=O) groups is 1. The van der Waals surface area contributed by atoms with Crippen LogP contribution in [0.4, 0.5) is 0 Å². The van der Waals surface area contributed by atoms with Crippen molar-refractivity contribution in [2.24, 2.45) is 0 Å². The summed E-state index contributed by atoms with van der Waals surface area (Å²) in [6, 6.07) is -1.14. The predicted molar refractivity (Wildman–Crippen MR) is 251 cm³/mol. The van der Waals surface area contributed by atoms with Gasteiger partial charge < -0.3 is 40.3 Å². The number of hydrogen-bond acceptors (Lipinski definition) is 11. The van der Waals surface area contributed by atoms with Gasteiger partial charge in [0.1, 0.15) is 30.5 Å². The minimum Gasteiger partial charge on any atom is -0.394 e. The molecule has 0 aromatic rings. The Hall–Kier alpha value is -2.24. The summed E-state index contributed by atoms with van der Waals surface area (Å²) >= 11 is 0. The fourth-order valence-electron chi connectivity index (χ4n) is 7.29. The van der Waals surface area contributed by atoms with Crippen LogP contribution in [0.5, 0.6) is 0 Å². The van der Waals surface area contributed by atoms with Crippen molar-refractivity contribution >= 4 is 16.3 Å². The van der Waals surface area contributed by atoms with E-state index < -0.39 is 78.5 Å². The van der Waals surface area contributed by atoms with Gasteiger partial charge in [-0.2, -0.15) is 8.42 Å². The summed E-state index contributed by atoms with van der Waals surface area (Å²) < 4.78 is 47.5. The first-order valence-corrected chi connectivity index (χ1v) is 25.6. The van der Waals surface area contributed by atoms with Crippen LogP contribution in [0.1, 0.15) is 181 Å². The van der Waals surface area contributed by atoms with Crippen molar-refractivity contribution in [2.45, 2.75) is 230 Å². The summed E-state index contributed by atoms with van der Waals surface area (Å²) in [5, 5.41) is 55.2. The number of nitrogens with one attached hydrogen (secondary N) is 1. The second-order valence-corrected chi connectivity index (χ2v) is 17.8. The molecular weight excluding hydrogens is 827 g/mol. The molecule has 0 aliphatic carbocycles. The van der Waals surface area contributed by atoms with E-state index in [4.69, 9.17) is 9.47 Å². The average Bonchev–Trinajstić information content (AvgIpc) is 3.25. The fourth-order valence-corrected chi connectivity index (χ4v) is 7.80. The van der Waals surface area contributed by atoms with Crippen molar-refractivity contribution in [3.63, 3.8) is 0 Å². The molecule has 1 saturated heterocycles. The van der Waals surface area contributed by atoms with Gasteiger partial charge in [-0.05, 0) is 70.6 Å². The van der Waals surface area contributed by atoms with Gasteiger partial charge in [0.25, 0.3) is 0 Å². The van der Waals surface area contributed by atoms with E-state index in [-0.39, 0.29) is 6.42 Å². The number of hydrogen-bond donors (Lipinski definition) is 7. The van der Waals surface area contributed by atoms with Crippen molar-refractivity contribution in [1.29, 1.82) is 0 Å². The van der Waals surface area contributed by atoms with E-state index in [9.17, 15) is 43.3 Å². The van der Waals surface area contributed by atoms with E-state index in [1.54, 1.807) is 6.08 Å². The van der Waals surface area contributed by atoms with E-state index in [2.05, 4.69) is 72.0 Å². The van der Waals surface area contributed by atoms with E-state index in [0.717, 1.165) is 57.8 Å². The molecule has 8 atom stereocenters. The van der Waals surface area contributed by atoms with Gasteiger partial charge in [0.2, 0.25) is 5.91 Å². The van der Waals surface area contributed by atoms with Crippen molar-refractivity contribution in [3.8, 4) is 0 Å². The lowest BCUT2D eigenvalue weighted by atomic mass is 9.99. The Morgan fingerprint density at radius 1 is 0.667 bits per heavy atom. The highest BCUT2D eigenvalue weighted by Gasteiger charge is 2.48. The number of unbranched alkanes of at least 4 members (excludes halogenated alkanes) is 19. The van der Waals surface area contributed by atoms with Crippen LogP contribution in [0.2, 0.25) is 0 Å². The Morgan fingerprint density at radius 3 is 1.70 bits per heavy atom. The van der Waals surface area contributed by atoms with Crippen LogP contribution >= 0.6 is 0 Å². The molecule has 63 heavy (non-hydrogen) atoms. The molecule has 1 amide bonds. The third-order valence-corrected chi connectivity index (χ3v) is 11.6. The molecule has 0 bridgehead atoms. The third kappa shape index (κ3) is 31.3. The molecule has 0 spiro atoms. The van der Waals surface area contributed by atoms with Gasteiger partial charge in [-0.15, -0.1) is 0 Å². The molecule has 0 radical (unpaired) electrons. The average molecular weight is 914 g/mol. The van der Waals surface area contributed by atoms with Crippen molar-refractivity contribution in [3.05, 3.63) is 60.8 Å². The highest BCUT2D eigenvalue weighted by Crippen LogP contribution is 2.26. The molecule has 13 nitrogen and oxygen atoms in total. The molecule has 1 heterocycles. The van der Waals surface area contributed by atoms with Crippen LogP contribution in [0, 0.1) is 0 Å². The minimum atomic E-state index is -5.13. The van der Waals surface area contributed by atoms with Gasteiger partial charge in [-0.3, -0.25) is 9.35 Å². The zero-order valence-corrected chi connectivity index (χ0v) is 39.5. The maximum atomic E-state index is 13.1. The second kappa shape index (κ2) is 39.0. The monoisotopic (exact) mass is 914 g/mol. The number of allylic oxidation sites excluding steroid dienone is 9. The summed E-state index contributed by atoms with van der Waals surface area (Å²) in [5.74, 6) is -0.720. The number of carbonyl (C=O) groups excluding carboxylic acids is 1. The van der Waals surface area contributed by atoms with Gasteiger partial charge in [-0.1, -0.05) is 171 Å². The summed E-state index contributed by atoms with van der Waals surface area (Å²) in [6.07, 6.45) is 37.3. The Kier molecular flexibility index (Phi) is 36.4. The molecule has 8 unspecified atom stereocenters. The Bertz CT molecular complexity index is 1370. The van der Waals surface area contributed by atoms with E-state index in [1.807, 2.05) is 0 Å². The van der Waals surface area contributed by atoms with Gasteiger partial charge in [-0.25, -0.2) is 4.18 Å². The van der Waals surface area contributed by atoms with Crippen molar-refractivity contribution in [2.75, 3.05) is 13.2 Å². The Balaban J connectivity index is 2.54. The Labute approximate surface area is 381 Å². The van der Waals surface area contributed by atoms with Crippen LogP contribution in [-0.2, 0) is 28.9 Å². The highest BCUT2D eigenvalue weighted by molar-refractivity contribution is 7.80. The van der Waals surface area contributed by atoms with Gasteiger partial charge in [0.05, 0.1) is 25.4 Å². The third-order valence-electron chi connectivity index (χ3n) is 11.1. The number of aliphatic hydroxyl groups is 5. The lowest BCUT2D eigenvalue weighted by Gasteiger charge is -2.41. The summed E-state index contributed by atoms with van der Waals surface area (Å²) in [7, 11) is -5.13. The molecule has 0 aromatic carbocycles. The van der Waals surface area contributed by atoms with Crippen molar-refractivity contribution < 1.29 is 57.0 Å². The van der Waals surface area contributed by atoms with Crippen LogP contribution in [0.3, 0.4) is 0 Å². The first kappa shape index (κ1) is 58.8. The highest BCUT2D eigenvalue weighted by atomic mass is 32.3. The first-order valence-electron chi connectivity index (χ1n) is 24.3. The van der Waals surface area contributed by atoms with E-state index in [1.165, 1.54) is 96.0 Å². The topological polar surface area (TPSA) is 212 Å². The Morgan fingerprint density at radius 2 is 1.16 bits per heavy atom. The van der Waals surface area contributed by atoms with Crippen molar-refractivity contribution in [1.82, 2.24) is 5.32 Å². The first-order chi connectivity index (χ1) is 30.4. The molecular formula is C49H87NO12S. The molecule has 1 aliphatic heterocycles. The van der Waals surface area contributed by atoms with Gasteiger partial charge >= 0.3 is 10.4 Å². The number of ether oxygens (including phenoxy) is 2. The van der Waals surface area contributed by atoms with Crippen LogP contribution < -0.4 is 5.32 Å². The standard InChI is InChI=1S/C49H87NO12S/c1-3-5-7-9-11-13-15-17-19-20-21-22-23-24-26-28-30-32-34-36-38-43(53)48(56)50-41(40-60-49-46(55)47(62-63(57,58)59)45(54)44(39-51)61-49)42(52)37-35-33-31-29-27-25-18-16-14-12-10-8-6-4-2/h5,7,11,13-14,16,27,29,35,37,41-47,49,51-55H,3-4,6,8-10,12,15,17-26,28,30-34,36,38-40H2,1-2H3,(H,50,56)(H,57,58,59)/b7-5-,13-11-,16-14+,29-27+,37-35+. The summed E-state index contributed by atoms with van der Waals surface area (Å²) in [4.78, 5) is 13.1. The zero-order chi connectivity index (χ0) is 46.4. The molecule has 0 saturated carbocycles. The lowest BCUT2D eigenvalue weighted by Crippen LogP contribution is -2.61. The van der Waals surface area contributed by atoms with Gasteiger partial charge in [0, 0.05) is 0 Å². The fraction of sp³-hybridized carbons (Fsp3) is 0.776. The molecule has 7 N–H and O–H groups in total. The van der Waals surface area contributed by atoms with E-state index in [0.29, 0.717) is 12.8 Å². The van der Waals surface area contributed by atoms with E-state index >= 15 is 0 Å². The van der Waals surface area contributed by atoms with Crippen LogP contribution in [-0.4, -0.2) is 107 Å². The molecule has 1 fully saturated rings. The summed E-state index contributed by atoms with van der Waals surface area (Å²) in [5.41, 5.74) is 0. The molecule has 0 aromatic heterocycles.